The Morgan fingerprint density at radius 3 is 2.63 bits per heavy atom. The molecule has 0 atom stereocenters. The minimum absolute atomic E-state index is 0.0235. The topological polar surface area (TPSA) is 84.9 Å². The summed E-state index contributed by atoms with van der Waals surface area (Å²) in [6, 6.07) is 8.77. The van der Waals surface area contributed by atoms with Crippen molar-refractivity contribution in [2.45, 2.75) is 11.8 Å². The van der Waals surface area contributed by atoms with Crippen molar-refractivity contribution in [1.29, 1.82) is 0 Å². The molecule has 0 aliphatic carbocycles. The average Bonchev–Trinajstić information content (AvgIpc) is 2.75. The van der Waals surface area contributed by atoms with Crippen molar-refractivity contribution in [3.63, 3.8) is 0 Å². The molecule has 1 amide bonds. The molecule has 1 saturated heterocycles. The first-order valence-corrected chi connectivity index (χ1v) is 10.8. The third-order valence-electron chi connectivity index (χ3n) is 4.66. The summed E-state index contributed by atoms with van der Waals surface area (Å²) in [5.41, 5.74) is 1.60. The lowest BCUT2D eigenvalue weighted by Crippen LogP contribution is -2.40. The summed E-state index contributed by atoms with van der Waals surface area (Å²) >= 11 is 0. The maximum absolute atomic E-state index is 13.4. The number of hydrogen-bond donors (Lipinski definition) is 1. The first kappa shape index (κ1) is 21.9. The smallest absolute Gasteiger partial charge is 0.248 e. The van der Waals surface area contributed by atoms with Crippen LogP contribution >= 0.6 is 0 Å². The monoisotopic (exact) mass is 434 g/mol. The molecule has 1 aliphatic heterocycles. The van der Waals surface area contributed by atoms with Crippen LogP contribution in [0.5, 0.6) is 5.75 Å². The lowest BCUT2D eigenvalue weighted by Gasteiger charge is -2.26. The van der Waals surface area contributed by atoms with Gasteiger partial charge in [0.2, 0.25) is 15.9 Å². The maximum Gasteiger partial charge on any atom is 0.248 e. The fraction of sp³-hybridized carbons (Fsp3) is 0.286. The van der Waals surface area contributed by atoms with Gasteiger partial charge in [-0.3, -0.25) is 4.79 Å². The van der Waals surface area contributed by atoms with Crippen LogP contribution in [0.1, 0.15) is 11.1 Å². The van der Waals surface area contributed by atoms with Gasteiger partial charge in [0.05, 0.1) is 20.3 Å². The Morgan fingerprint density at radius 1 is 1.20 bits per heavy atom. The zero-order valence-corrected chi connectivity index (χ0v) is 17.5. The van der Waals surface area contributed by atoms with Crippen molar-refractivity contribution >= 4 is 27.7 Å². The number of nitrogens with one attached hydrogen (secondary N) is 1. The Kier molecular flexibility index (Phi) is 6.86. The van der Waals surface area contributed by atoms with Gasteiger partial charge in [-0.1, -0.05) is 12.1 Å². The number of hydrogen-bond acceptors (Lipinski definition) is 5. The van der Waals surface area contributed by atoms with E-state index in [-0.39, 0.29) is 23.7 Å². The Bertz CT molecular complexity index is 1060. The third-order valence-corrected chi connectivity index (χ3v) is 6.58. The molecule has 0 unspecified atom stereocenters. The van der Waals surface area contributed by atoms with Crippen molar-refractivity contribution < 1.29 is 27.1 Å². The van der Waals surface area contributed by atoms with Gasteiger partial charge in [0.25, 0.3) is 0 Å². The van der Waals surface area contributed by atoms with E-state index in [4.69, 9.17) is 9.47 Å². The molecular formula is C21H23FN2O5S. The van der Waals surface area contributed by atoms with Gasteiger partial charge in [0.15, 0.2) is 0 Å². The Morgan fingerprint density at radius 2 is 1.93 bits per heavy atom. The van der Waals surface area contributed by atoms with Crippen LogP contribution in [0, 0.1) is 12.7 Å². The number of methoxy groups -OCH3 is 1. The van der Waals surface area contributed by atoms with Crippen LogP contribution in [0.4, 0.5) is 10.1 Å². The minimum Gasteiger partial charge on any atom is -0.495 e. The largest absolute Gasteiger partial charge is 0.495 e. The number of halogens is 1. The first-order chi connectivity index (χ1) is 14.3. The summed E-state index contributed by atoms with van der Waals surface area (Å²) < 4.78 is 51.2. The predicted octanol–water partition coefficient (Wildman–Crippen LogP) is 2.82. The number of morpholine rings is 1. The number of carbonyl (C=O) groups excluding carboxylic acids is 1. The van der Waals surface area contributed by atoms with Gasteiger partial charge in [0.1, 0.15) is 16.5 Å². The van der Waals surface area contributed by atoms with E-state index in [1.807, 2.05) is 0 Å². The Labute approximate surface area is 175 Å². The Hall–Kier alpha value is -2.75. The third kappa shape index (κ3) is 5.05. The van der Waals surface area contributed by atoms with E-state index < -0.39 is 21.7 Å². The van der Waals surface area contributed by atoms with Gasteiger partial charge in [-0.15, -0.1) is 0 Å². The summed E-state index contributed by atoms with van der Waals surface area (Å²) in [5, 5.41) is 2.61. The summed E-state index contributed by atoms with van der Waals surface area (Å²) in [4.78, 5) is 12.2. The zero-order valence-electron chi connectivity index (χ0n) is 16.7. The molecule has 1 fully saturated rings. The van der Waals surface area contributed by atoms with Crippen LogP contribution in [-0.2, 0) is 19.6 Å². The van der Waals surface area contributed by atoms with E-state index in [1.165, 1.54) is 41.8 Å². The highest BCUT2D eigenvalue weighted by atomic mass is 32.2. The summed E-state index contributed by atoms with van der Waals surface area (Å²) in [6.45, 7) is 2.95. The van der Waals surface area contributed by atoms with Crippen LogP contribution < -0.4 is 10.1 Å². The van der Waals surface area contributed by atoms with Crippen molar-refractivity contribution in [3.05, 3.63) is 59.4 Å². The molecule has 0 bridgehead atoms. The van der Waals surface area contributed by atoms with Crippen molar-refractivity contribution in [3.8, 4) is 5.75 Å². The fourth-order valence-corrected chi connectivity index (χ4v) is 4.60. The molecule has 30 heavy (non-hydrogen) atoms. The molecule has 1 N–H and O–H groups in total. The van der Waals surface area contributed by atoms with Crippen LogP contribution in [0.25, 0.3) is 6.08 Å². The molecule has 0 aromatic heterocycles. The molecule has 9 heteroatoms. The maximum atomic E-state index is 13.4. The fourth-order valence-electron chi connectivity index (χ4n) is 3.00. The molecule has 2 aromatic carbocycles. The number of carbonyl (C=O) groups is 1. The van der Waals surface area contributed by atoms with Crippen LogP contribution in [0.15, 0.2) is 47.4 Å². The highest BCUT2D eigenvalue weighted by Gasteiger charge is 2.29. The zero-order chi connectivity index (χ0) is 21.7. The number of amides is 1. The van der Waals surface area contributed by atoms with Crippen molar-refractivity contribution in [1.82, 2.24) is 4.31 Å². The first-order valence-electron chi connectivity index (χ1n) is 9.32. The lowest BCUT2D eigenvalue weighted by atomic mass is 10.2. The summed E-state index contributed by atoms with van der Waals surface area (Å²) in [6.07, 6.45) is 2.75. The van der Waals surface area contributed by atoms with E-state index in [9.17, 15) is 17.6 Å². The molecule has 0 saturated carbocycles. The number of aryl methyl sites for hydroxylation is 1. The second kappa shape index (κ2) is 9.38. The minimum atomic E-state index is -3.77. The number of benzene rings is 2. The SMILES string of the molecule is COc1ccc(C=CC(=O)Nc2cc(F)ccc2C)cc1S(=O)(=O)N1CCOCC1. The number of anilines is 1. The van der Waals surface area contributed by atoms with E-state index >= 15 is 0 Å². The Balaban J connectivity index is 1.82. The number of sulfonamides is 1. The second-order valence-electron chi connectivity index (χ2n) is 6.71. The number of rotatable bonds is 6. The van der Waals surface area contributed by atoms with E-state index in [1.54, 1.807) is 25.1 Å². The summed E-state index contributed by atoms with van der Waals surface area (Å²) in [7, 11) is -2.37. The molecular weight excluding hydrogens is 411 g/mol. The molecule has 2 aromatic rings. The van der Waals surface area contributed by atoms with E-state index in [0.717, 1.165) is 5.56 Å². The quantitative estimate of drug-likeness (QED) is 0.707. The van der Waals surface area contributed by atoms with Crippen LogP contribution in [0.3, 0.4) is 0 Å². The van der Waals surface area contributed by atoms with Crippen LogP contribution in [-0.4, -0.2) is 52.0 Å². The number of nitrogens with zero attached hydrogens (tertiary/aromatic N) is 1. The average molecular weight is 434 g/mol. The van der Waals surface area contributed by atoms with Gasteiger partial charge in [0, 0.05) is 24.9 Å². The lowest BCUT2D eigenvalue weighted by molar-refractivity contribution is -0.111. The predicted molar refractivity (Wildman–Crippen MR) is 111 cm³/mol. The highest BCUT2D eigenvalue weighted by Crippen LogP contribution is 2.29. The van der Waals surface area contributed by atoms with Crippen molar-refractivity contribution in [2.75, 3.05) is 38.7 Å². The van der Waals surface area contributed by atoms with Gasteiger partial charge < -0.3 is 14.8 Å². The molecule has 0 spiro atoms. The molecule has 7 nitrogen and oxygen atoms in total. The molecule has 1 aliphatic rings. The summed E-state index contributed by atoms with van der Waals surface area (Å²) in [5.74, 6) is -0.691. The van der Waals surface area contributed by atoms with E-state index in [2.05, 4.69) is 5.32 Å². The van der Waals surface area contributed by atoms with Gasteiger partial charge in [-0.25, -0.2) is 12.8 Å². The van der Waals surface area contributed by atoms with Crippen LogP contribution in [0.2, 0.25) is 0 Å². The van der Waals surface area contributed by atoms with E-state index in [0.29, 0.717) is 24.5 Å². The molecule has 3 rings (SSSR count). The molecule has 1 heterocycles. The number of ether oxygens (including phenoxy) is 2. The normalized spacial score (nSPS) is 15.3. The standard InChI is InChI=1S/C21H23FN2O5S/c1-15-3-6-17(22)14-18(15)23-21(25)8-5-16-4-7-19(28-2)20(13-16)30(26,27)24-9-11-29-12-10-24/h3-8,13-14H,9-12H2,1-2H3,(H,23,25). The van der Waals surface area contributed by atoms with Gasteiger partial charge >= 0.3 is 0 Å². The van der Waals surface area contributed by atoms with Gasteiger partial charge in [-0.05, 0) is 48.4 Å². The molecule has 160 valence electrons. The second-order valence-corrected chi connectivity index (χ2v) is 8.61. The highest BCUT2D eigenvalue weighted by molar-refractivity contribution is 7.89. The van der Waals surface area contributed by atoms with Crippen molar-refractivity contribution in [2.24, 2.45) is 0 Å². The molecule has 0 radical (unpaired) electrons. The van der Waals surface area contributed by atoms with Gasteiger partial charge in [-0.2, -0.15) is 4.31 Å².